The molecular formula is C27H40N3O11P. The van der Waals surface area contributed by atoms with Crippen LogP contribution in [0.1, 0.15) is 82.1 Å². The van der Waals surface area contributed by atoms with Crippen LogP contribution in [0.25, 0.3) is 0 Å². The molecule has 0 spiro atoms. The molecule has 234 valence electrons. The normalized spacial score (nSPS) is 20.0. The van der Waals surface area contributed by atoms with E-state index in [-0.39, 0.29) is 23.2 Å². The first-order chi connectivity index (χ1) is 20.0. The molecule has 3 rings (SSSR count). The largest absolute Gasteiger partial charge is 0.606 e. The third kappa shape index (κ3) is 9.94. The summed E-state index contributed by atoms with van der Waals surface area (Å²) < 4.78 is 22.8. The van der Waals surface area contributed by atoms with E-state index in [0.29, 0.717) is 12.4 Å². The second-order valence-electron chi connectivity index (χ2n) is 10.3. The molecule has 2 aromatic rings. The lowest BCUT2D eigenvalue weighted by Gasteiger charge is -2.24. The molecule has 1 aliphatic rings. The van der Waals surface area contributed by atoms with Crippen molar-refractivity contribution < 1.29 is 38.3 Å². The van der Waals surface area contributed by atoms with Crippen LogP contribution >= 0.6 is 8.17 Å². The number of unbranched alkanes of at least 4 members (excludes halogenated alkanes) is 7. The Bertz CT molecular complexity index is 1280. The number of phosphoric ester groups is 1. The molecule has 3 N–H and O–H groups in total. The summed E-state index contributed by atoms with van der Waals surface area (Å²) >= 11 is 0. The summed E-state index contributed by atoms with van der Waals surface area (Å²) in [6.45, 7) is 2.88. The molecule has 0 bridgehead atoms. The van der Waals surface area contributed by atoms with Crippen LogP contribution in [0, 0.1) is 17.0 Å². The van der Waals surface area contributed by atoms with Crippen molar-refractivity contribution in [3.63, 3.8) is 0 Å². The molecule has 42 heavy (non-hydrogen) atoms. The van der Waals surface area contributed by atoms with E-state index in [9.17, 15) is 34.6 Å². The molecule has 4 atom stereocenters. The van der Waals surface area contributed by atoms with E-state index in [1.807, 2.05) is 0 Å². The highest BCUT2D eigenvalue weighted by atomic mass is 31.2. The lowest BCUT2D eigenvalue weighted by Crippen LogP contribution is -2.33. The first-order valence-electron chi connectivity index (χ1n) is 14.2. The summed E-state index contributed by atoms with van der Waals surface area (Å²) in [7, 11) is -4.81. The lowest BCUT2D eigenvalue weighted by molar-refractivity contribution is -0.385. The summed E-state index contributed by atoms with van der Waals surface area (Å²) in [5.41, 5.74) is -1.38. The number of aromatic amines is 1. The second-order valence-corrected chi connectivity index (χ2v) is 11.7. The Morgan fingerprint density at radius 3 is 2.52 bits per heavy atom. The highest BCUT2D eigenvalue weighted by molar-refractivity contribution is 7.52. The van der Waals surface area contributed by atoms with Gasteiger partial charge in [-0.2, -0.15) is 13.9 Å². The number of nitrogens with zero attached hydrogens (tertiary/aromatic N) is 2. The number of rotatable bonds is 18. The predicted octanol–water partition coefficient (Wildman–Crippen LogP) is 3.18. The van der Waals surface area contributed by atoms with Crippen LogP contribution < -0.4 is 20.9 Å². The van der Waals surface area contributed by atoms with Crippen LogP contribution in [0.4, 0.5) is 5.69 Å². The Kier molecular flexibility index (Phi) is 13.1. The topological polar surface area (TPSA) is 198 Å². The quantitative estimate of drug-likeness (QED) is 0.0966. The van der Waals surface area contributed by atoms with E-state index in [1.54, 1.807) is 0 Å². The van der Waals surface area contributed by atoms with Gasteiger partial charge in [-0.1, -0.05) is 51.9 Å². The maximum Gasteiger partial charge on any atom is 0.377 e. The van der Waals surface area contributed by atoms with Gasteiger partial charge in [0.05, 0.1) is 23.7 Å². The van der Waals surface area contributed by atoms with Gasteiger partial charge in [-0.25, -0.2) is 4.79 Å². The van der Waals surface area contributed by atoms with Gasteiger partial charge in [0.1, 0.15) is 30.8 Å². The summed E-state index contributed by atoms with van der Waals surface area (Å²) in [6.07, 6.45) is 7.00. The number of nitro benzene ring substituents is 1. The highest BCUT2D eigenvalue weighted by Crippen LogP contribution is 2.52. The van der Waals surface area contributed by atoms with Crippen molar-refractivity contribution in [3.05, 3.63) is 66.5 Å². The van der Waals surface area contributed by atoms with Crippen molar-refractivity contribution in [1.82, 2.24) is 9.55 Å². The third-order valence-electron chi connectivity index (χ3n) is 6.98. The van der Waals surface area contributed by atoms with E-state index < -0.39 is 56.0 Å². The Balaban J connectivity index is 1.57. The number of phosphoric acid groups is 1. The van der Waals surface area contributed by atoms with E-state index in [0.717, 1.165) is 23.8 Å². The number of benzene rings is 1. The van der Waals surface area contributed by atoms with Crippen LogP contribution in [0.3, 0.4) is 0 Å². The van der Waals surface area contributed by atoms with Gasteiger partial charge >= 0.3 is 13.9 Å². The molecule has 0 amide bonds. The smallest absolute Gasteiger partial charge is 0.377 e. The molecule has 2 heterocycles. The number of ether oxygens (including phenoxy) is 2. The van der Waals surface area contributed by atoms with Gasteiger partial charge in [0.15, 0.2) is 0 Å². The van der Waals surface area contributed by atoms with Crippen LogP contribution in [0.15, 0.2) is 34.0 Å². The number of hydrogen-bond acceptors (Lipinski definition) is 11. The molecule has 1 aromatic heterocycles. The zero-order valence-corrected chi connectivity index (χ0v) is 24.8. The minimum absolute atomic E-state index is 0.0147. The Hall–Kier alpha value is -2.71. The van der Waals surface area contributed by atoms with Crippen LogP contribution in [0.2, 0.25) is 0 Å². The highest BCUT2D eigenvalue weighted by Gasteiger charge is 2.44. The summed E-state index contributed by atoms with van der Waals surface area (Å²) in [5.74, 6) is 0.366. The van der Waals surface area contributed by atoms with Crippen molar-refractivity contribution in [2.24, 2.45) is 0 Å². The first-order valence-corrected chi connectivity index (χ1v) is 15.7. The summed E-state index contributed by atoms with van der Waals surface area (Å²) in [6, 6.07) is 4.09. The molecule has 0 aliphatic carbocycles. The number of aliphatic hydroxyl groups is 1. The maximum atomic E-state index is 12.8. The van der Waals surface area contributed by atoms with Gasteiger partial charge in [-0.15, -0.1) is 0 Å². The SMILES string of the molecule is CCCCCCCCCCOc1ccc([N+](=O)[O-])c(CO[P+]([O-])(O)O[C@H]2C[C@H](n3cc(C)c(=O)[nH]c3=O)O[C@@H]2CO)c1. The molecule has 1 unspecified atom stereocenters. The third-order valence-corrected chi connectivity index (χ3v) is 7.98. The number of nitrogens with one attached hydrogen (secondary N) is 1. The van der Waals surface area contributed by atoms with Crippen molar-refractivity contribution >= 4 is 13.9 Å². The number of aryl methyl sites for hydroxylation is 1. The first kappa shape index (κ1) is 33.8. The number of aliphatic hydroxyl groups excluding tert-OH is 1. The fourth-order valence-corrected chi connectivity index (χ4v) is 5.60. The van der Waals surface area contributed by atoms with Gasteiger partial charge in [0, 0.05) is 24.2 Å². The van der Waals surface area contributed by atoms with Gasteiger partial charge in [-0.05, 0) is 25.5 Å². The molecule has 1 aromatic carbocycles. The summed E-state index contributed by atoms with van der Waals surface area (Å²) in [5, 5.41) is 21.3. The van der Waals surface area contributed by atoms with Crippen molar-refractivity contribution in [1.29, 1.82) is 0 Å². The van der Waals surface area contributed by atoms with E-state index in [2.05, 4.69) is 11.9 Å². The van der Waals surface area contributed by atoms with Crippen molar-refractivity contribution in [2.45, 2.75) is 96.7 Å². The molecule has 15 heteroatoms. The van der Waals surface area contributed by atoms with E-state index >= 15 is 0 Å². The number of aromatic nitrogens is 2. The van der Waals surface area contributed by atoms with Crippen LogP contribution in [-0.4, -0.2) is 49.9 Å². The average molecular weight is 614 g/mol. The Morgan fingerprint density at radius 1 is 1.17 bits per heavy atom. The second kappa shape index (κ2) is 16.2. The molecule has 14 nitrogen and oxygen atoms in total. The minimum Gasteiger partial charge on any atom is -0.606 e. The molecule has 0 radical (unpaired) electrons. The fraction of sp³-hybridized carbons (Fsp3) is 0.630. The number of H-pyrrole nitrogens is 1. The Labute approximate surface area is 244 Å². The molecule has 0 saturated carbocycles. The monoisotopic (exact) mass is 613 g/mol. The van der Waals surface area contributed by atoms with Crippen LogP contribution in [-0.2, 0) is 20.4 Å². The van der Waals surface area contributed by atoms with E-state index in [4.69, 9.17) is 18.5 Å². The number of nitro groups is 1. The van der Waals surface area contributed by atoms with Crippen molar-refractivity contribution in [2.75, 3.05) is 13.2 Å². The molecular weight excluding hydrogens is 573 g/mol. The van der Waals surface area contributed by atoms with Crippen LogP contribution in [0.5, 0.6) is 5.75 Å². The maximum absolute atomic E-state index is 12.8. The van der Waals surface area contributed by atoms with Gasteiger partial charge in [0.25, 0.3) is 11.2 Å². The molecule has 1 saturated heterocycles. The van der Waals surface area contributed by atoms with Gasteiger partial charge < -0.3 is 19.5 Å². The fourth-order valence-electron chi connectivity index (χ4n) is 4.67. The standard InChI is InChI=1S/C27H40N3O11P/c1-3-4-5-6-7-8-9-10-13-38-21-11-12-22(30(34)35)20(14-21)18-39-42(36,37)41-23-15-25(40-24(23)17-31)29-16-19(2)26(32)28-27(29)33/h11-12,14,16,23-25,31H,3-10,13,15,17-18H2,1-2H3,(H,36,37)(H,28,32,33)/t23-,24+,25+/m0/s1. The molecule has 1 fully saturated rings. The lowest BCUT2D eigenvalue weighted by atomic mass is 10.1. The zero-order chi connectivity index (χ0) is 30.7. The Morgan fingerprint density at radius 2 is 1.86 bits per heavy atom. The van der Waals surface area contributed by atoms with E-state index in [1.165, 1.54) is 63.4 Å². The number of hydrogen-bond donors (Lipinski definition) is 3. The minimum atomic E-state index is -4.81. The average Bonchev–Trinajstić information content (AvgIpc) is 3.34. The summed E-state index contributed by atoms with van der Waals surface area (Å²) in [4.78, 5) is 60.1. The zero-order valence-electron chi connectivity index (χ0n) is 23.9. The predicted molar refractivity (Wildman–Crippen MR) is 152 cm³/mol. The van der Waals surface area contributed by atoms with Gasteiger partial charge in [-0.3, -0.25) is 24.5 Å². The van der Waals surface area contributed by atoms with Gasteiger partial charge in [0.2, 0.25) is 0 Å². The van der Waals surface area contributed by atoms with Crippen molar-refractivity contribution in [3.8, 4) is 5.75 Å². The molecule has 1 aliphatic heterocycles.